The minimum atomic E-state index is 0.753. The van der Waals surface area contributed by atoms with Gasteiger partial charge in [-0.15, -0.1) is 0 Å². The molecule has 0 unspecified atom stereocenters. The van der Waals surface area contributed by atoms with Crippen molar-refractivity contribution >= 4 is 17.4 Å². The summed E-state index contributed by atoms with van der Waals surface area (Å²) in [6.45, 7) is 6.02. The lowest BCUT2D eigenvalue weighted by atomic mass is 10.0. The van der Waals surface area contributed by atoms with Gasteiger partial charge in [0, 0.05) is 18.1 Å². The molecule has 4 heteroatoms. The van der Waals surface area contributed by atoms with Gasteiger partial charge in [-0.05, 0) is 49.4 Å². The molecule has 3 nitrogen and oxygen atoms in total. The number of hydrogen-bond donors (Lipinski definition) is 1. The van der Waals surface area contributed by atoms with Crippen molar-refractivity contribution in [1.82, 2.24) is 4.98 Å². The molecule has 108 valence electrons. The Labute approximate surface area is 130 Å². The molecule has 1 fully saturated rings. The second-order valence-electron chi connectivity index (χ2n) is 5.62. The Morgan fingerprint density at radius 1 is 1.24 bits per heavy atom. The lowest BCUT2D eigenvalue weighted by molar-refractivity contribution is 0.944. The fourth-order valence-electron chi connectivity index (χ4n) is 2.93. The van der Waals surface area contributed by atoms with Gasteiger partial charge in [-0.2, -0.15) is 5.26 Å². The summed E-state index contributed by atoms with van der Waals surface area (Å²) in [5.74, 6) is 0.958. The molecule has 1 N–H and O–H groups in total. The van der Waals surface area contributed by atoms with Gasteiger partial charge in [-0.1, -0.05) is 23.7 Å². The van der Waals surface area contributed by atoms with Crippen molar-refractivity contribution in [3.05, 3.63) is 39.9 Å². The van der Waals surface area contributed by atoms with Gasteiger partial charge >= 0.3 is 0 Å². The predicted molar refractivity (Wildman–Crippen MR) is 86.9 cm³/mol. The average molecular weight is 300 g/mol. The van der Waals surface area contributed by atoms with Crippen LogP contribution in [-0.2, 0) is 0 Å². The van der Waals surface area contributed by atoms with Crippen molar-refractivity contribution in [2.45, 2.75) is 26.7 Å². The van der Waals surface area contributed by atoms with Gasteiger partial charge < -0.3 is 9.88 Å². The first-order valence-corrected chi connectivity index (χ1v) is 7.63. The van der Waals surface area contributed by atoms with Crippen LogP contribution in [0.3, 0.4) is 0 Å². The molecule has 0 saturated carbocycles. The van der Waals surface area contributed by atoms with Crippen LogP contribution < -0.4 is 4.90 Å². The Morgan fingerprint density at radius 2 is 1.95 bits per heavy atom. The van der Waals surface area contributed by atoms with Crippen molar-refractivity contribution in [1.29, 1.82) is 5.26 Å². The fraction of sp³-hybridized carbons (Fsp3) is 0.353. The van der Waals surface area contributed by atoms with E-state index in [4.69, 9.17) is 11.6 Å². The summed E-state index contributed by atoms with van der Waals surface area (Å²) >= 11 is 6.23. The smallest absolute Gasteiger partial charge is 0.124 e. The van der Waals surface area contributed by atoms with Crippen molar-refractivity contribution in [3.63, 3.8) is 0 Å². The lowest BCUT2D eigenvalue weighted by Gasteiger charge is -2.15. The van der Waals surface area contributed by atoms with E-state index in [1.165, 1.54) is 12.8 Å². The summed E-state index contributed by atoms with van der Waals surface area (Å²) < 4.78 is 0. The molecule has 0 amide bonds. The highest BCUT2D eigenvalue weighted by Gasteiger charge is 2.22. The molecule has 3 rings (SSSR count). The summed E-state index contributed by atoms with van der Waals surface area (Å²) in [6.07, 6.45) is 2.38. The number of halogens is 1. The molecule has 0 bridgehead atoms. The highest BCUT2D eigenvalue weighted by molar-refractivity contribution is 6.31. The summed E-state index contributed by atoms with van der Waals surface area (Å²) in [4.78, 5) is 5.72. The van der Waals surface area contributed by atoms with Gasteiger partial charge in [0.15, 0.2) is 0 Å². The third-order valence-electron chi connectivity index (χ3n) is 4.22. The van der Waals surface area contributed by atoms with Gasteiger partial charge in [0.1, 0.15) is 11.9 Å². The van der Waals surface area contributed by atoms with Crippen LogP contribution in [0.4, 0.5) is 5.82 Å². The van der Waals surface area contributed by atoms with Crippen LogP contribution in [0.15, 0.2) is 18.2 Å². The third-order valence-corrected chi connectivity index (χ3v) is 4.63. The first-order chi connectivity index (χ1) is 10.1. The minimum absolute atomic E-state index is 0.753. The van der Waals surface area contributed by atoms with Crippen LogP contribution >= 0.6 is 11.6 Å². The van der Waals surface area contributed by atoms with Crippen molar-refractivity contribution < 1.29 is 0 Å². The molecule has 0 atom stereocenters. The summed E-state index contributed by atoms with van der Waals surface area (Å²) in [6, 6.07) is 8.38. The SMILES string of the molecule is Cc1ccc(-c2[nH]c(N3CCCC3)c(C#N)c2C)cc1Cl. The van der Waals surface area contributed by atoms with E-state index in [1.807, 2.05) is 26.0 Å². The molecule has 1 saturated heterocycles. The number of benzene rings is 1. The monoisotopic (exact) mass is 299 g/mol. The minimum Gasteiger partial charge on any atom is -0.357 e. The maximum Gasteiger partial charge on any atom is 0.124 e. The molecule has 21 heavy (non-hydrogen) atoms. The van der Waals surface area contributed by atoms with Gasteiger partial charge in [-0.25, -0.2) is 0 Å². The Morgan fingerprint density at radius 3 is 2.57 bits per heavy atom. The lowest BCUT2D eigenvalue weighted by Crippen LogP contribution is -2.18. The van der Waals surface area contributed by atoms with Crippen molar-refractivity contribution in [2.24, 2.45) is 0 Å². The van der Waals surface area contributed by atoms with Crippen LogP contribution in [0, 0.1) is 25.2 Å². The van der Waals surface area contributed by atoms with Gasteiger partial charge in [0.25, 0.3) is 0 Å². The normalized spacial score (nSPS) is 14.5. The summed E-state index contributed by atoms with van der Waals surface area (Å²) in [7, 11) is 0. The molecule has 2 aromatic rings. The Balaban J connectivity index is 2.10. The number of aromatic amines is 1. The first-order valence-electron chi connectivity index (χ1n) is 7.26. The largest absolute Gasteiger partial charge is 0.357 e. The molecule has 1 aromatic heterocycles. The van der Waals surface area contributed by atoms with Gasteiger partial charge in [0.2, 0.25) is 0 Å². The number of nitrogens with one attached hydrogen (secondary N) is 1. The number of anilines is 1. The molecule has 0 radical (unpaired) electrons. The first kappa shape index (κ1) is 14.0. The van der Waals surface area contributed by atoms with E-state index in [-0.39, 0.29) is 0 Å². The van der Waals surface area contributed by atoms with E-state index in [0.717, 1.165) is 51.9 Å². The zero-order valence-corrected chi connectivity index (χ0v) is 13.1. The van der Waals surface area contributed by atoms with E-state index in [0.29, 0.717) is 0 Å². The van der Waals surface area contributed by atoms with E-state index >= 15 is 0 Å². The second kappa shape index (κ2) is 5.46. The van der Waals surface area contributed by atoms with Crippen molar-refractivity contribution in [2.75, 3.05) is 18.0 Å². The molecule has 1 aliphatic rings. The quantitative estimate of drug-likeness (QED) is 0.891. The second-order valence-corrected chi connectivity index (χ2v) is 6.03. The highest BCUT2D eigenvalue weighted by Crippen LogP contribution is 2.34. The molecule has 1 aromatic carbocycles. The van der Waals surface area contributed by atoms with E-state index < -0.39 is 0 Å². The number of nitriles is 1. The maximum absolute atomic E-state index is 9.50. The fourth-order valence-corrected chi connectivity index (χ4v) is 3.11. The molecular formula is C17H18ClN3. The number of H-pyrrole nitrogens is 1. The molecule has 0 spiro atoms. The van der Waals surface area contributed by atoms with E-state index in [9.17, 15) is 5.26 Å². The zero-order chi connectivity index (χ0) is 15.0. The number of nitrogens with zero attached hydrogens (tertiary/aromatic N) is 2. The summed E-state index contributed by atoms with van der Waals surface area (Å²) in [5.41, 5.74) is 4.84. The topological polar surface area (TPSA) is 42.8 Å². The molecule has 1 aliphatic heterocycles. The maximum atomic E-state index is 9.50. The Bertz CT molecular complexity index is 718. The number of aromatic nitrogens is 1. The summed E-state index contributed by atoms with van der Waals surface area (Å²) in [5, 5.41) is 10.2. The van der Waals surface area contributed by atoms with Crippen LogP contribution in [0.25, 0.3) is 11.3 Å². The number of aryl methyl sites for hydroxylation is 1. The highest BCUT2D eigenvalue weighted by atomic mass is 35.5. The van der Waals surface area contributed by atoms with Gasteiger partial charge in [0.05, 0.1) is 11.3 Å². The van der Waals surface area contributed by atoms with Crippen LogP contribution in [0.2, 0.25) is 5.02 Å². The van der Waals surface area contributed by atoms with E-state index in [1.54, 1.807) is 0 Å². The van der Waals surface area contributed by atoms with Crippen LogP contribution in [0.1, 0.15) is 29.5 Å². The molecule has 2 heterocycles. The third kappa shape index (κ3) is 2.41. The predicted octanol–water partition coefficient (Wildman–Crippen LogP) is 4.42. The van der Waals surface area contributed by atoms with Crippen molar-refractivity contribution in [3.8, 4) is 17.3 Å². The zero-order valence-electron chi connectivity index (χ0n) is 12.3. The van der Waals surface area contributed by atoms with Crippen LogP contribution in [-0.4, -0.2) is 18.1 Å². The average Bonchev–Trinajstić information content (AvgIpc) is 3.09. The molecule has 0 aliphatic carbocycles. The Kier molecular flexibility index (Phi) is 3.65. The van der Waals surface area contributed by atoms with Crippen LogP contribution in [0.5, 0.6) is 0 Å². The Hall–Kier alpha value is -1.92. The van der Waals surface area contributed by atoms with E-state index in [2.05, 4.69) is 22.0 Å². The molecular weight excluding hydrogens is 282 g/mol. The number of hydrogen-bond acceptors (Lipinski definition) is 2. The number of rotatable bonds is 2. The standard InChI is InChI=1S/C17H18ClN3/c1-11-5-6-13(9-15(11)18)16-12(2)14(10-19)17(20-16)21-7-3-4-8-21/h5-6,9,20H,3-4,7-8H2,1-2H3. The van der Waals surface area contributed by atoms with Gasteiger partial charge in [-0.3, -0.25) is 0 Å².